The summed E-state index contributed by atoms with van der Waals surface area (Å²) in [7, 11) is -0.847. The maximum absolute atomic E-state index is 12.9. The van der Waals surface area contributed by atoms with E-state index in [1.807, 2.05) is 19.1 Å². The maximum atomic E-state index is 12.9. The minimum absolute atomic E-state index is 0.0352. The van der Waals surface area contributed by atoms with E-state index in [1.165, 1.54) is 20.3 Å². The number of anilines is 2. The normalized spacial score (nSPS) is 11.0. The van der Waals surface area contributed by atoms with Crippen LogP contribution >= 0.6 is 0 Å². The zero-order valence-corrected chi connectivity index (χ0v) is 18.5. The van der Waals surface area contributed by atoms with Crippen molar-refractivity contribution in [2.45, 2.75) is 18.7 Å². The molecule has 8 heteroatoms. The molecule has 7 nitrogen and oxygen atoms in total. The Morgan fingerprint density at radius 1 is 0.806 bits per heavy atom. The van der Waals surface area contributed by atoms with Gasteiger partial charge in [-0.05, 0) is 55.8 Å². The molecule has 0 aliphatic carbocycles. The molecule has 0 atom stereocenters. The van der Waals surface area contributed by atoms with Gasteiger partial charge in [-0.15, -0.1) is 0 Å². The largest absolute Gasteiger partial charge is 0.493 e. The molecule has 0 aromatic heterocycles. The lowest BCUT2D eigenvalue weighted by atomic mass is 10.1. The lowest BCUT2D eigenvalue weighted by Crippen LogP contribution is -2.17. The number of hydrogen-bond acceptors (Lipinski definition) is 5. The molecule has 0 spiro atoms. The van der Waals surface area contributed by atoms with Gasteiger partial charge in [-0.2, -0.15) is 0 Å². The molecule has 0 radical (unpaired) electrons. The quantitative estimate of drug-likeness (QED) is 0.569. The maximum Gasteiger partial charge on any atom is 0.262 e. The second kappa shape index (κ2) is 9.09. The summed E-state index contributed by atoms with van der Waals surface area (Å²) in [5, 5.41) is 2.75. The lowest BCUT2D eigenvalue weighted by Gasteiger charge is -2.13. The van der Waals surface area contributed by atoms with Gasteiger partial charge in [0.2, 0.25) is 0 Å². The predicted octanol–water partition coefficient (Wildman–Crippen LogP) is 4.37. The van der Waals surface area contributed by atoms with E-state index in [0.29, 0.717) is 28.4 Å². The van der Waals surface area contributed by atoms with Gasteiger partial charge in [-0.3, -0.25) is 9.52 Å². The van der Waals surface area contributed by atoms with Crippen LogP contribution in [0.4, 0.5) is 11.4 Å². The highest BCUT2D eigenvalue weighted by molar-refractivity contribution is 7.92. The van der Waals surface area contributed by atoms with Gasteiger partial charge in [0.25, 0.3) is 15.9 Å². The van der Waals surface area contributed by atoms with Crippen LogP contribution in [0, 0.1) is 13.8 Å². The number of nitrogens with one attached hydrogen (secondary N) is 2. The van der Waals surface area contributed by atoms with Crippen LogP contribution in [0.25, 0.3) is 0 Å². The molecular formula is C23H24N2O5S. The third-order valence-electron chi connectivity index (χ3n) is 4.69. The second-order valence-electron chi connectivity index (χ2n) is 6.98. The number of ether oxygens (including phenoxy) is 2. The van der Waals surface area contributed by atoms with Gasteiger partial charge in [-0.1, -0.05) is 23.8 Å². The van der Waals surface area contributed by atoms with Crippen molar-refractivity contribution in [3.63, 3.8) is 0 Å². The topological polar surface area (TPSA) is 93.7 Å². The van der Waals surface area contributed by atoms with Crippen molar-refractivity contribution in [3.8, 4) is 11.5 Å². The van der Waals surface area contributed by atoms with Crippen molar-refractivity contribution in [1.29, 1.82) is 0 Å². The standard InChI is InChI=1S/C23H24N2O5S/c1-15-5-9-18(10-6-15)25-31(27,28)22-13-17(8-7-16(22)2)23(26)24-19-11-12-20(29-3)21(14-19)30-4/h5-14,25H,1-4H3,(H,24,26). The van der Waals surface area contributed by atoms with E-state index in [4.69, 9.17) is 9.47 Å². The first-order chi connectivity index (χ1) is 14.7. The fourth-order valence-electron chi connectivity index (χ4n) is 2.98. The van der Waals surface area contributed by atoms with Crippen molar-refractivity contribution in [1.82, 2.24) is 0 Å². The van der Waals surface area contributed by atoms with Gasteiger partial charge in [0.15, 0.2) is 11.5 Å². The first kappa shape index (κ1) is 22.2. The summed E-state index contributed by atoms with van der Waals surface area (Å²) in [6, 6.07) is 16.5. The van der Waals surface area contributed by atoms with Crippen LogP contribution in [-0.2, 0) is 10.0 Å². The average molecular weight is 441 g/mol. The van der Waals surface area contributed by atoms with Crippen LogP contribution < -0.4 is 19.5 Å². The summed E-state index contributed by atoms with van der Waals surface area (Å²) in [4.78, 5) is 12.8. The van der Waals surface area contributed by atoms with Crippen molar-refractivity contribution >= 4 is 27.3 Å². The Hall–Kier alpha value is -3.52. The molecule has 1 amide bonds. The van der Waals surface area contributed by atoms with Crippen molar-refractivity contribution in [2.24, 2.45) is 0 Å². The number of aryl methyl sites for hydroxylation is 2. The van der Waals surface area contributed by atoms with Crippen LogP contribution in [0.1, 0.15) is 21.5 Å². The predicted molar refractivity (Wildman–Crippen MR) is 121 cm³/mol. The van der Waals surface area contributed by atoms with E-state index in [9.17, 15) is 13.2 Å². The van der Waals surface area contributed by atoms with E-state index in [0.717, 1.165) is 5.56 Å². The highest BCUT2D eigenvalue weighted by Gasteiger charge is 2.20. The van der Waals surface area contributed by atoms with Gasteiger partial charge in [0, 0.05) is 23.0 Å². The molecule has 0 heterocycles. The molecule has 0 saturated heterocycles. The third kappa shape index (κ3) is 5.16. The summed E-state index contributed by atoms with van der Waals surface area (Å²) in [6.07, 6.45) is 0. The number of carbonyl (C=O) groups is 1. The number of hydrogen-bond donors (Lipinski definition) is 2. The minimum atomic E-state index is -3.87. The van der Waals surface area contributed by atoms with Gasteiger partial charge in [0.05, 0.1) is 19.1 Å². The smallest absolute Gasteiger partial charge is 0.262 e. The van der Waals surface area contributed by atoms with Crippen molar-refractivity contribution in [3.05, 3.63) is 77.4 Å². The van der Waals surface area contributed by atoms with Crippen LogP contribution in [0.3, 0.4) is 0 Å². The van der Waals surface area contributed by atoms with Crippen LogP contribution in [0.15, 0.2) is 65.6 Å². The monoisotopic (exact) mass is 440 g/mol. The van der Waals surface area contributed by atoms with Crippen LogP contribution in [0.5, 0.6) is 11.5 Å². The van der Waals surface area contributed by atoms with E-state index < -0.39 is 15.9 Å². The summed E-state index contributed by atoms with van der Waals surface area (Å²) in [5.41, 5.74) is 2.70. The Labute approximate surface area is 182 Å². The average Bonchev–Trinajstić information content (AvgIpc) is 2.75. The van der Waals surface area contributed by atoms with E-state index in [1.54, 1.807) is 49.4 Å². The minimum Gasteiger partial charge on any atom is -0.493 e. The van der Waals surface area contributed by atoms with Gasteiger partial charge in [0.1, 0.15) is 0 Å². The molecule has 0 aliphatic rings. The van der Waals surface area contributed by atoms with E-state index in [-0.39, 0.29) is 10.5 Å². The van der Waals surface area contributed by atoms with Gasteiger partial charge >= 0.3 is 0 Å². The molecule has 0 saturated carbocycles. The Morgan fingerprint density at radius 2 is 1.45 bits per heavy atom. The molecule has 3 rings (SSSR count). The Balaban J connectivity index is 1.86. The first-order valence-electron chi connectivity index (χ1n) is 9.47. The fourth-order valence-corrected chi connectivity index (χ4v) is 4.31. The number of benzene rings is 3. The third-order valence-corrected chi connectivity index (χ3v) is 6.21. The lowest BCUT2D eigenvalue weighted by molar-refractivity contribution is 0.102. The molecule has 0 unspecified atom stereocenters. The van der Waals surface area contributed by atoms with Gasteiger partial charge < -0.3 is 14.8 Å². The molecule has 2 N–H and O–H groups in total. The number of methoxy groups -OCH3 is 2. The zero-order chi connectivity index (χ0) is 22.6. The van der Waals surface area contributed by atoms with E-state index in [2.05, 4.69) is 10.0 Å². The molecular weight excluding hydrogens is 416 g/mol. The molecule has 0 aliphatic heterocycles. The summed E-state index contributed by atoms with van der Waals surface area (Å²) < 4.78 is 38.8. The molecule has 3 aromatic carbocycles. The SMILES string of the molecule is COc1ccc(NC(=O)c2ccc(C)c(S(=O)(=O)Nc3ccc(C)cc3)c2)cc1OC. The highest BCUT2D eigenvalue weighted by atomic mass is 32.2. The molecule has 162 valence electrons. The van der Waals surface area contributed by atoms with Gasteiger partial charge in [-0.25, -0.2) is 8.42 Å². The highest BCUT2D eigenvalue weighted by Crippen LogP contribution is 2.30. The van der Waals surface area contributed by atoms with Crippen LogP contribution in [-0.4, -0.2) is 28.5 Å². The van der Waals surface area contributed by atoms with Crippen molar-refractivity contribution < 1.29 is 22.7 Å². The fraction of sp³-hybridized carbons (Fsp3) is 0.174. The number of sulfonamides is 1. The van der Waals surface area contributed by atoms with Crippen molar-refractivity contribution in [2.75, 3.05) is 24.3 Å². The molecule has 0 bridgehead atoms. The second-order valence-corrected chi connectivity index (χ2v) is 8.63. The number of amides is 1. The summed E-state index contributed by atoms with van der Waals surface area (Å²) in [6.45, 7) is 3.60. The zero-order valence-electron chi connectivity index (χ0n) is 17.7. The molecule has 0 fully saturated rings. The summed E-state index contributed by atoms with van der Waals surface area (Å²) >= 11 is 0. The summed E-state index contributed by atoms with van der Waals surface area (Å²) in [5.74, 6) is 0.556. The molecule has 3 aromatic rings. The number of carbonyl (C=O) groups excluding carboxylic acids is 1. The molecule has 31 heavy (non-hydrogen) atoms. The Bertz CT molecular complexity index is 1210. The Kier molecular flexibility index (Phi) is 6.50. The first-order valence-corrected chi connectivity index (χ1v) is 11.0. The number of rotatable bonds is 7. The Morgan fingerprint density at radius 3 is 2.10 bits per heavy atom. The van der Waals surface area contributed by atoms with E-state index >= 15 is 0 Å². The van der Waals surface area contributed by atoms with Crippen LogP contribution in [0.2, 0.25) is 0 Å².